The van der Waals surface area contributed by atoms with Gasteiger partial charge in [-0.1, -0.05) is 0 Å². The van der Waals surface area contributed by atoms with E-state index >= 15 is 0 Å². The van der Waals surface area contributed by atoms with Crippen molar-refractivity contribution in [2.75, 3.05) is 33.8 Å². The van der Waals surface area contributed by atoms with Gasteiger partial charge in [0.05, 0.1) is 24.2 Å². The molecule has 0 radical (unpaired) electrons. The third-order valence-corrected chi connectivity index (χ3v) is 5.40. The molecule has 142 valence electrons. The van der Waals surface area contributed by atoms with Gasteiger partial charge >= 0.3 is 0 Å². The summed E-state index contributed by atoms with van der Waals surface area (Å²) in [5, 5.41) is 10.0. The summed E-state index contributed by atoms with van der Waals surface area (Å²) in [4.78, 5) is 28.2. The average molecular weight is 368 g/mol. The lowest BCUT2D eigenvalue weighted by Crippen LogP contribution is -2.56. The maximum atomic E-state index is 14.3. The van der Waals surface area contributed by atoms with Gasteiger partial charge in [-0.05, 0) is 31.4 Å². The number of likely N-dealkylation sites (tertiary alicyclic amines) is 2. The number of benzene rings is 1. The Hall–Kier alpha value is -2.22. The maximum absolute atomic E-state index is 14.3. The number of methoxy groups -OCH3 is 1. The van der Waals surface area contributed by atoms with Crippen molar-refractivity contribution in [3.63, 3.8) is 0 Å². The van der Waals surface area contributed by atoms with Crippen molar-refractivity contribution in [2.24, 2.45) is 5.41 Å². The Morgan fingerprint density at radius 3 is 2.58 bits per heavy atom. The minimum atomic E-state index is -1.03. The number of aliphatic hydroxyl groups excluding tert-OH is 1. The number of hydrogen-bond donors (Lipinski definition) is 1. The fourth-order valence-corrected chi connectivity index (χ4v) is 4.02. The van der Waals surface area contributed by atoms with E-state index in [0.717, 1.165) is 19.2 Å². The molecule has 2 amide bonds. The largest absolute Gasteiger partial charge is 0.491 e. The summed E-state index contributed by atoms with van der Waals surface area (Å²) >= 11 is 0. The van der Waals surface area contributed by atoms with Crippen LogP contribution in [0.1, 0.15) is 29.6 Å². The molecule has 0 bridgehead atoms. The highest BCUT2D eigenvalue weighted by atomic mass is 19.1. The van der Waals surface area contributed by atoms with Crippen LogP contribution in [0.3, 0.4) is 0 Å². The highest BCUT2D eigenvalue weighted by molar-refractivity contribution is 5.95. The van der Waals surface area contributed by atoms with Gasteiger partial charge < -0.3 is 19.6 Å². The SMILES string of the molecule is COc1c(F)ccc(C(=O)N2CCC3(CC2)CC(O)CN(C)C3=O)c1F. The number of amides is 2. The first-order valence-electron chi connectivity index (χ1n) is 8.54. The van der Waals surface area contributed by atoms with E-state index in [1.807, 2.05) is 0 Å². The van der Waals surface area contributed by atoms with E-state index in [0.29, 0.717) is 25.8 Å². The molecule has 1 N–H and O–H groups in total. The first-order chi connectivity index (χ1) is 12.3. The Morgan fingerprint density at radius 2 is 1.96 bits per heavy atom. The normalized spacial score (nSPS) is 22.7. The van der Waals surface area contributed by atoms with Crippen LogP contribution in [0.2, 0.25) is 0 Å². The highest BCUT2D eigenvalue weighted by Gasteiger charge is 2.48. The Kier molecular flexibility index (Phi) is 4.88. The zero-order valence-corrected chi connectivity index (χ0v) is 14.8. The fraction of sp³-hybridized carbons (Fsp3) is 0.556. The van der Waals surface area contributed by atoms with Crippen LogP contribution >= 0.6 is 0 Å². The topological polar surface area (TPSA) is 70.1 Å². The maximum Gasteiger partial charge on any atom is 0.256 e. The molecular formula is C18H22F2N2O4. The van der Waals surface area contributed by atoms with Crippen molar-refractivity contribution in [1.29, 1.82) is 0 Å². The van der Waals surface area contributed by atoms with E-state index < -0.39 is 34.8 Å². The van der Waals surface area contributed by atoms with E-state index in [1.165, 1.54) is 9.80 Å². The van der Waals surface area contributed by atoms with Crippen molar-refractivity contribution in [1.82, 2.24) is 9.80 Å². The molecule has 1 aromatic carbocycles. The van der Waals surface area contributed by atoms with Crippen LogP contribution < -0.4 is 4.74 Å². The standard InChI is InChI=1S/C18H22F2N2O4/c1-21-10-11(23)9-18(17(21)25)5-7-22(8-6-18)16(24)12-3-4-13(19)15(26-2)14(12)20/h3-4,11,23H,5-10H2,1-2H3. The van der Waals surface area contributed by atoms with Crippen LogP contribution in [-0.2, 0) is 4.79 Å². The number of halogens is 2. The quantitative estimate of drug-likeness (QED) is 0.857. The molecule has 6 nitrogen and oxygen atoms in total. The Morgan fingerprint density at radius 1 is 1.31 bits per heavy atom. The number of piperidine rings is 2. The molecule has 0 saturated carbocycles. The van der Waals surface area contributed by atoms with Gasteiger partial charge in [-0.2, -0.15) is 0 Å². The predicted molar refractivity (Wildman–Crippen MR) is 88.7 cm³/mol. The van der Waals surface area contributed by atoms with Crippen LogP contribution in [-0.4, -0.2) is 66.6 Å². The molecule has 2 heterocycles. The Balaban J connectivity index is 1.76. The minimum absolute atomic E-state index is 0.0236. The Labute approximate surface area is 150 Å². The third kappa shape index (κ3) is 3.02. The summed E-state index contributed by atoms with van der Waals surface area (Å²) in [7, 11) is 2.79. The van der Waals surface area contributed by atoms with Gasteiger partial charge in [0.1, 0.15) is 0 Å². The second kappa shape index (κ2) is 6.83. The molecule has 0 aliphatic carbocycles. The molecule has 2 fully saturated rings. The number of carbonyl (C=O) groups excluding carboxylic acids is 2. The van der Waals surface area contributed by atoms with Crippen molar-refractivity contribution in [2.45, 2.75) is 25.4 Å². The lowest BCUT2D eigenvalue weighted by atomic mass is 9.71. The van der Waals surface area contributed by atoms with E-state index in [-0.39, 0.29) is 24.6 Å². The molecule has 8 heteroatoms. The van der Waals surface area contributed by atoms with Crippen molar-refractivity contribution in [3.05, 3.63) is 29.3 Å². The van der Waals surface area contributed by atoms with Crippen LogP contribution in [0.25, 0.3) is 0 Å². The first-order valence-corrected chi connectivity index (χ1v) is 8.54. The van der Waals surface area contributed by atoms with Gasteiger partial charge in [0.15, 0.2) is 17.4 Å². The highest BCUT2D eigenvalue weighted by Crippen LogP contribution is 2.41. The number of nitrogens with zero attached hydrogens (tertiary/aromatic N) is 2. The number of aliphatic hydroxyl groups is 1. The molecule has 1 spiro atoms. The molecule has 26 heavy (non-hydrogen) atoms. The number of β-amino-alcohol motifs (C(OH)–C–C–N with tert-alkyl or cyclic N) is 1. The number of likely N-dealkylation sites (N-methyl/N-ethyl adjacent to an activating group) is 1. The smallest absolute Gasteiger partial charge is 0.256 e. The summed E-state index contributed by atoms with van der Waals surface area (Å²) < 4.78 is 32.6. The molecule has 0 aromatic heterocycles. The van der Waals surface area contributed by atoms with E-state index in [4.69, 9.17) is 0 Å². The van der Waals surface area contributed by atoms with Crippen LogP contribution in [0, 0.1) is 17.0 Å². The lowest BCUT2D eigenvalue weighted by Gasteiger charge is -2.47. The van der Waals surface area contributed by atoms with E-state index in [2.05, 4.69) is 4.74 Å². The summed E-state index contributed by atoms with van der Waals surface area (Å²) in [5.41, 5.74) is -0.936. The molecule has 1 unspecified atom stereocenters. The fourth-order valence-electron chi connectivity index (χ4n) is 4.02. The summed E-state index contributed by atoms with van der Waals surface area (Å²) in [6.45, 7) is 0.846. The first kappa shape index (κ1) is 18.6. The molecule has 1 aromatic rings. The summed E-state index contributed by atoms with van der Waals surface area (Å²) in [6.07, 6.45) is 0.591. The van der Waals surface area contributed by atoms with E-state index in [9.17, 15) is 23.5 Å². The molecule has 2 saturated heterocycles. The minimum Gasteiger partial charge on any atom is -0.491 e. The van der Waals surface area contributed by atoms with Gasteiger partial charge in [-0.25, -0.2) is 8.78 Å². The van der Waals surface area contributed by atoms with Crippen LogP contribution in [0.5, 0.6) is 5.75 Å². The van der Waals surface area contributed by atoms with Crippen LogP contribution in [0.4, 0.5) is 8.78 Å². The molecular weight excluding hydrogens is 346 g/mol. The van der Waals surface area contributed by atoms with Crippen molar-refractivity contribution >= 4 is 11.8 Å². The zero-order chi connectivity index (χ0) is 19.1. The number of hydrogen-bond acceptors (Lipinski definition) is 4. The van der Waals surface area contributed by atoms with E-state index in [1.54, 1.807) is 7.05 Å². The molecule has 2 aliphatic heterocycles. The van der Waals surface area contributed by atoms with Crippen molar-refractivity contribution in [3.8, 4) is 5.75 Å². The number of rotatable bonds is 2. The van der Waals surface area contributed by atoms with Gasteiger partial charge in [0, 0.05) is 26.7 Å². The lowest BCUT2D eigenvalue weighted by molar-refractivity contribution is -0.154. The number of ether oxygens (including phenoxy) is 1. The van der Waals surface area contributed by atoms with Gasteiger partial charge in [-0.15, -0.1) is 0 Å². The Bertz CT molecular complexity index is 732. The van der Waals surface area contributed by atoms with Crippen molar-refractivity contribution < 1.29 is 28.2 Å². The summed E-state index contributed by atoms with van der Waals surface area (Å²) in [6, 6.07) is 2.10. The second-order valence-electron chi connectivity index (χ2n) is 7.06. The third-order valence-electron chi connectivity index (χ3n) is 5.40. The van der Waals surface area contributed by atoms with Gasteiger partial charge in [-0.3, -0.25) is 9.59 Å². The molecule has 1 atom stereocenters. The molecule has 3 rings (SSSR count). The van der Waals surface area contributed by atoms with Crippen LogP contribution in [0.15, 0.2) is 12.1 Å². The van der Waals surface area contributed by atoms with Gasteiger partial charge in [0.25, 0.3) is 5.91 Å². The second-order valence-corrected chi connectivity index (χ2v) is 7.06. The molecule has 2 aliphatic rings. The predicted octanol–water partition coefficient (Wildman–Crippen LogP) is 1.42. The van der Waals surface area contributed by atoms with Gasteiger partial charge in [0.2, 0.25) is 5.91 Å². The number of carbonyl (C=O) groups is 2. The monoisotopic (exact) mass is 368 g/mol. The average Bonchev–Trinajstić information content (AvgIpc) is 2.60. The summed E-state index contributed by atoms with van der Waals surface area (Å²) in [5.74, 6) is -3.07. The zero-order valence-electron chi connectivity index (χ0n) is 14.8.